The fourth-order valence-corrected chi connectivity index (χ4v) is 2.30. The summed E-state index contributed by atoms with van der Waals surface area (Å²) in [6.45, 7) is 4.04. The van der Waals surface area contributed by atoms with Crippen molar-refractivity contribution in [1.29, 1.82) is 0 Å². The molecular formula is C19H17ClN2O2S. The van der Waals surface area contributed by atoms with Gasteiger partial charge in [-0.2, -0.15) is 0 Å². The zero-order chi connectivity index (χ0) is 18.1. The number of anilines is 1. The molecule has 0 saturated heterocycles. The van der Waals surface area contributed by atoms with Crippen LogP contribution in [0.25, 0.3) is 6.08 Å². The van der Waals surface area contributed by atoms with Crippen molar-refractivity contribution < 1.29 is 9.53 Å². The molecule has 0 saturated carbocycles. The fraction of sp³-hybridized carbons (Fsp3) is 0.0526. The first kappa shape index (κ1) is 18.7. The van der Waals surface area contributed by atoms with E-state index in [0.29, 0.717) is 11.6 Å². The molecule has 0 atom stereocenters. The quantitative estimate of drug-likeness (QED) is 0.447. The Bertz CT molecular complexity index is 788. The molecule has 25 heavy (non-hydrogen) atoms. The molecule has 0 aromatic heterocycles. The molecule has 1 amide bonds. The second kappa shape index (κ2) is 9.61. The van der Waals surface area contributed by atoms with Gasteiger partial charge in [0, 0.05) is 16.8 Å². The topological polar surface area (TPSA) is 50.4 Å². The van der Waals surface area contributed by atoms with Gasteiger partial charge in [0.05, 0.1) is 0 Å². The van der Waals surface area contributed by atoms with Crippen LogP contribution in [-0.2, 0) is 4.79 Å². The number of carbonyl (C=O) groups excluding carboxylic acids is 1. The predicted molar refractivity (Wildman–Crippen MR) is 107 cm³/mol. The van der Waals surface area contributed by atoms with Crippen LogP contribution in [-0.4, -0.2) is 17.6 Å². The molecule has 4 nitrogen and oxygen atoms in total. The van der Waals surface area contributed by atoms with Crippen molar-refractivity contribution in [2.24, 2.45) is 0 Å². The van der Waals surface area contributed by atoms with E-state index in [9.17, 15) is 4.79 Å². The van der Waals surface area contributed by atoms with Crippen molar-refractivity contribution in [1.82, 2.24) is 5.32 Å². The Balaban J connectivity index is 1.86. The molecule has 2 N–H and O–H groups in total. The molecular weight excluding hydrogens is 356 g/mol. The molecule has 2 aromatic carbocycles. The average molecular weight is 373 g/mol. The fourth-order valence-electron chi connectivity index (χ4n) is 1.88. The van der Waals surface area contributed by atoms with Crippen LogP contribution in [0.3, 0.4) is 0 Å². The van der Waals surface area contributed by atoms with Crippen LogP contribution in [0.2, 0.25) is 5.02 Å². The van der Waals surface area contributed by atoms with E-state index in [2.05, 4.69) is 17.2 Å². The molecule has 128 valence electrons. The van der Waals surface area contributed by atoms with E-state index in [4.69, 9.17) is 28.6 Å². The van der Waals surface area contributed by atoms with Crippen LogP contribution in [0.4, 0.5) is 5.69 Å². The van der Waals surface area contributed by atoms with Crippen molar-refractivity contribution in [3.63, 3.8) is 0 Å². The summed E-state index contributed by atoms with van der Waals surface area (Å²) in [5.74, 6) is 0.381. The third kappa shape index (κ3) is 6.41. The summed E-state index contributed by atoms with van der Waals surface area (Å²) in [5.41, 5.74) is 1.50. The summed E-state index contributed by atoms with van der Waals surface area (Å²) < 4.78 is 5.39. The molecule has 0 fully saturated rings. The molecule has 2 aromatic rings. The van der Waals surface area contributed by atoms with Crippen LogP contribution in [0, 0.1) is 0 Å². The van der Waals surface area contributed by atoms with Gasteiger partial charge < -0.3 is 10.1 Å². The Kier molecular flexibility index (Phi) is 7.19. The van der Waals surface area contributed by atoms with Gasteiger partial charge >= 0.3 is 0 Å². The van der Waals surface area contributed by atoms with E-state index in [-0.39, 0.29) is 11.0 Å². The Morgan fingerprint density at radius 2 is 1.92 bits per heavy atom. The largest absolute Gasteiger partial charge is 0.490 e. The first-order valence-electron chi connectivity index (χ1n) is 7.47. The maximum absolute atomic E-state index is 11.9. The van der Waals surface area contributed by atoms with E-state index in [1.807, 2.05) is 18.2 Å². The highest BCUT2D eigenvalue weighted by molar-refractivity contribution is 7.80. The highest BCUT2D eigenvalue weighted by atomic mass is 35.5. The van der Waals surface area contributed by atoms with Gasteiger partial charge in [-0.1, -0.05) is 42.5 Å². The van der Waals surface area contributed by atoms with Crippen molar-refractivity contribution >= 4 is 46.6 Å². The lowest BCUT2D eigenvalue weighted by Crippen LogP contribution is -2.32. The van der Waals surface area contributed by atoms with Crippen LogP contribution >= 0.6 is 23.8 Å². The van der Waals surface area contributed by atoms with Gasteiger partial charge in [0.25, 0.3) is 0 Å². The third-order valence-electron chi connectivity index (χ3n) is 3.04. The summed E-state index contributed by atoms with van der Waals surface area (Å²) in [6.07, 6.45) is 4.68. The molecule has 0 bridgehead atoms. The highest BCUT2D eigenvalue weighted by Gasteiger charge is 2.03. The van der Waals surface area contributed by atoms with Crippen molar-refractivity contribution in [3.05, 3.63) is 77.8 Å². The van der Waals surface area contributed by atoms with Gasteiger partial charge in [0.1, 0.15) is 12.4 Å². The van der Waals surface area contributed by atoms with Crippen LogP contribution < -0.4 is 15.4 Å². The number of carbonyl (C=O) groups is 1. The molecule has 2 rings (SSSR count). The number of halogens is 1. The maximum atomic E-state index is 11.9. The zero-order valence-corrected chi connectivity index (χ0v) is 14.9. The summed E-state index contributed by atoms with van der Waals surface area (Å²) in [6, 6.07) is 14.4. The van der Waals surface area contributed by atoms with E-state index in [0.717, 1.165) is 17.0 Å². The number of ether oxygens (including phenoxy) is 1. The van der Waals surface area contributed by atoms with Gasteiger partial charge in [-0.05, 0) is 54.2 Å². The lowest BCUT2D eigenvalue weighted by Gasteiger charge is -2.09. The SMILES string of the molecule is C=CCOc1ccc(NC(=S)NC(=O)C=Cc2ccccc2Cl)cc1. The standard InChI is InChI=1S/C19H17ClN2O2S/c1-2-13-24-16-10-8-15(9-11-16)21-19(25)22-18(23)12-7-14-5-3-4-6-17(14)20/h2-12H,1,13H2,(H2,21,22,23,25). The van der Waals surface area contributed by atoms with Crippen molar-refractivity contribution in [3.8, 4) is 5.75 Å². The van der Waals surface area contributed by atoms with Crippen LogP contribution in [0.15, 0.2) is 67.3 Å². The van der Waals surface area contributed by atoms with E-state index >= 15 is 0 Å². The van der Waals surface area contributed by atoms with Gasteiger partial charge in [-0.15, -0.1) is 0 Å². The number of thiocarbonyl (C=S) groups is 1. The highest BCUT2D eigenvalue weighted by Crippen LogP contribution is 2.16. The number of hydrogen-bond donors (Lipinski definition) is 2. The first-order valence-corrected chi connectivity index (χ1v) is 8.25. The normalized spacial score (nSPS) is 10.3. The Morgan fingerprint density at radius 3 is 2.60 bits per heavy atom. The number of hydrogen-bond acceptors (Lipinski definition) is 3. The van der Waals surface area contributed by atoms with Crippen molar-refractivity contribution in [2.75, 3.05) is 11.9 Å². The minimum absolute atomic E-state index is 0.202. The summed E-state index contributed by atoms with van der Waals surface area (Å²) >= 11 is 11.2. The van der Waals surface area contributed by atoms with Crippen molar-refractivity contribution in [2.45, 2.75) is 0 Å². The van der Waals surface area contributed by atoms with Crippen LogP contribution in [0.1, 0.15) is 5.56 Å². The number of amides is 1. The molecule has 0 radical (unpaired) electrons. The Hall–Kier alpha value is -2.63. The number of benzene rings is 2. The monoisotopic (exact) mass is 372 g/mol. The molecule has 0 aliphatic rings. The molecule has 0 heterocycles. The van der Waals surface area contributed by atoms with E-state index in [1.54, 1.807) is 42.5 Å². The summed E-state index contributed by atoms with van der Waals surface area (Å²) in [7, 11) is 0. The maximum Gasteiger partial charge on any atom is 0.250 e. The second-order valence-corrected chi connectivity index (χ2v) is 5.74. The number of nitrogens with one attached hydrogen (secondary N) is 2. The van der Waals surface area contributed by atoms with E-state index < -0.39 is 0 Å². The lowest BCUT2D eigenvalue weighted by molar-refractivity contribution is -0.115. The smallest absolute Gasteiger partial charge is 0.250 e. The molecule has 6 heteroatoms. The molecule has 0 unspecified atom stereocenters. The number of rotatable bonds is 6. The van der Waals surface area contributed by atoms with Gasteiger partial charge in [0.2, 0.25) is 5.91 Å². The predicted octanol–water partition coefficient (Wildman–Crippen LogP) is 4.43. The molecule has 0 aliphatic heterocycles. The first-order chi connectivity index (χ1) is 12.1. The van der Waals surface area contributed by atoms with Gasteiger partial charge in [0.15, 0.2) is 5.11 Å². The Morgan fingerprint density at radius 1 is 1.20 bits per heavy atom. The summed E-state index contributed by atoms with van der Waals surface area (Å²) in [5, 5.41) is 6.28. The van der Waals surface area contributed by atoms with E-state index in [1.165, 1.54) is 6.08 Å². The third-order valence-corrected chi connectivity index (χ3v) is 3.58. The van der Waals surface area contributed by atoms with Crippen LogP contribution in [0.5, 0.6) is 5.75 Å². The van der Waals surface area contributed by atoms with Gasteiger partial charge in [-0.25, -0.2) is 0 Å². The minimum atomic E-state index is -0.344. The average Bonchev–Trinajstić information content (AvgIpc) is 2.60. The van der Waals surface area contributed by atoms with Gasteiger partial charge in [-0.3, -0.25) is 10.1 Å². The molecule has 0 aliphatic carbocycles. The minimum Gasteiger partial charge on any atom is -0.490 e. The lowest BCUT2D eigenvalue weighted by atomic mass is 10.2. The molecule has 0 spiro atoms. The second-order valence-electron chi connectivity index (χ2n) is 4.92. The zero-order valence-electron chi connectivity index (χ0n) is 13.4. The Labute approximate surface area is 157 Å². The summed E-state index contributed by atoms with van der Waals surface area (Å²) in [4.78, 5) is 11.9.